The fourth-order valence-corrected chi connectivity index (χ4v) is 2.83. The first-order valence-corrected chi connectivity index (χ1v) is 6.97. The van der Waals surface area contributed by atoms with Gasteiger partial charge in [0.1, 0.15) is 0 Å². The normalized spacial score (nSPS) is 17.3. The van der Waals surface area contributed by atoms with Crippen molar-refractivity contribution in [1.29, 1.82) is 0 Å². The van der Waals surface area contributed by atoms with Gasteiger partial charge in [0.15, 0.2) is 0 Å². The molecule has 16 heavy (non-hydrogen) atoms. The SMILES string of the molecule is NCc1cc(S(=O)(=O)NCC2CCC2)c[nH]1. The van der Waals surface area contributed by atoms with Crippen LogP contribution in [0.1, 0.15) is 25.0 Å². The Kier molecular flexibility index (Phi) is 3.32. The molecule has 6 heteroatoms. The number of hydrogen-bond acceptors (Lipinski definition) is 3. The minimum Gasteiger partial charge on any atom is -0.363 e. The van der Waals surface area contributed by atoms with Gasteiger partial charge in [-0.1, -0.05) is 6.42 Å². The molecule has 1 aromatic rings. The van der Waals surface area contributed by atoms with E-state index in [1.807, 2.05) is 0 Å². The molecule has 0 aromatic carbocycles. The molecule has 0 radical (unpaired) electrons. The van der Waals surface area contributed by atoms with Crippen LogP contribution in [0.15, 0.2) is 17.2 Å². The summed E-state index contributed by atoms with van der Waals surface area (Å²) in [4.78, 5) is 3.10. The Labute approximate surface area is 95.5 Å². The van der Waals surface area contributed by atoms with E-state index < -0.39 is 10.0 Å². The van der Waals surface area contributed by atoms with E-state index >= 15 is 0 Å². The lowest BCUT2D eigenvalue weighted by Crippen LogP contribution is -2.32. The molecule has 1 aliphatic carbocycles. The molecule has 4 N–H and O–H groups in total. The third-order valence-electron chi connectivity index (χ3n) is 3.03. The molecule has 0 unspecified atom stereocenters. The third kappa shape index (κ3) is 2.45. The van der Waals surface area contributed by atoms with E-state index in [0.29, 0.717) is 19.0 Å². The maximum Gasteiger partial charge on any atom is 0.242 e. The van der Waals surface area contributed by atoms with Crippen LogP contribution < -0.4 is 10.5 Å². The second-order valence-corrected chi connectivity index (χ2v) is 5.98. The number of nitrogens with two attached hydrogens (primary N) is 1. The van der Waals surface area contributed by atoms with E-state index in [1.165, 1.54) is 12.6 Å². The summed E-state index contributed by atoms with van der Waals surface area (Å²) >= 11 is 0. The van der Waals surface area contributed by atoms with Crippen molar-refractivity contribution in [3.63, 3.8) is 0 Å². The van der Waals surface area contributed by atoms with Crippen molar-refractivity contribution < 1.29 is 8.42 Å². The van der Waals surface area contributed by atoms with E-state index in [4.69, 9.17) is 5.73 Å². The molecule has 1 fully saturated rings. The molecule has 1 aromatic heterocycles. The van der Waals surface area contributed by atoms with Gasteiger partial charge in [-0.2, -0.15) is 0 Å². The Morgan fingerprint density at radius 3 is 2.75 bits per heavy atom. The predicted octanol–water partition coefficient (Wildman–Crippen LogP) is 0.552. The minimum absolute atomic E-state index is 0.271. The number of rotatable bonds is 5. The van der Waals surface area contributed by atoms with Crippen molar-refractivity contribution in [2.45, 2.75) is 30.7 Å². The van der Waals surface area contributed by atoms with Gasteiger partial charge in [-0.15, -0.1) is 0 Å². The van der Waals surface area contributed by atoms with Crippen LogP contribution in [-0.4, -0.2) is 19.9 Å². The summed E-state index contributed by atoms with van der Waals surface area (Å²) in [7, 11) is -3.36. The van der Waals surface area contributed by atoms with Gasteiger partial charge in [-0.3, -0.25) is 0 Å². The Morgan fingerprint density at radius 1 is 1.50 bits per heavy atom. The van der Waals surface area contributed by atoms with Gasteiger partial charge in [0.05, 0.1) is 4.90 Å². The summed E-state index contributed by atoms with van der Waals surface area (Å²) in [5, 5.41) is 0. The van der Waals surface area contributed by atoms with E-state index in [9.17, 15) is 8.42 Å². The molecule has 0 spiro atoms. The number of hydrogen-bond donors (Lipinski definition) is 3. The predicted molar refractivity (Wildman–Crippen MR) is 61.2 cm³/mol. The van der Waals surface area contributed by atoms with Crippen molar-refractivity contribution in [1.82, 2.24) is 9.71 Å². The Bertz CT molecular complexity index is 448. The summed E-state index contributed by atoms with van der Waals surface area (Å²) in [5.41, 5.74) is 6.14. The summed E-state index contributed by atoms with van der Waals surface area (Å²) in [5.74, 6) is 0.516. The summed E-state index contributed by atoms with van der Waals surface area (Å²) < 4.78 is 26.3. The molecule has 1 heterocycles. The van der Waals surface area contributed by atoms with Gasteiger partial charge in [-0.25, -0.2) is 13.1 Å². The van der Waals surface area contributed by atoms with Crippen LogP contribution in [-0.2, 0) is 16.6 Å². The van der Waals surface area contributed by atoms with Crippen molar-refractivity contribution in [3.8, 4) is 0 Å². The lowest BCUT2D eigenvalue weighted by Gasteiger charge is -2.25. The number of sulfonamides is 1. The van der Waals surface area contributed by atoms with E-state index in [1.54, 1.807) is 6.07 Å². The van der Waals surface area contributed by atoms with Crippen LogP contribution in [0, 0.1) is 5.92 Å². The molecule has 90 valence electrons. The molecule has 5 nitrogen and oxygen atoms in total. The summed E-state index contributed by atoms with van der Waals surface area (Å²) in [6.45, 7) is 0.865. The first kappa shape index (κ1) is 11.6. The molecule has 2 rings (SSSR count). The lowest BCUT2D eigenvalue weighted by atomic mass is 9.86. The highest BCUT2D eigenvalue weighted by atomic mass is 32.2. The van der Waals surface area contributed by atoms with Gasteiger partial charge < -0.3 is 10.7 Å². The zero-order valence-electron chi connectivity index (χ0n) is 9.07. The fraction of sp³-hybridized carbons (Fsp3) is 0.600. The van der Waals surface area contributed by atoms with E-state index in [0.717, 1.165) is 18.5 Å². The topological polar surface area (TPSA) is 88.0 Å². The second kappa shape index (κ2) is 4.57. The van der Waals surface area contributed by atoms with Crippen molar-refractivity contribution in [3.05, 3.63) is 18.0 Å². The zero-order valence-corrected chi connectivity index (χ0v) is 9.89. The van der Waals surface area contributed by atoms with Gasteiger partial charge in [0, 0.05) is 25.0 Å². The van der Waals surface area contributed by atoms with E-state index in [2.05, 4.69) is 9.71 Å². The van der Waals surface area contributed by atoms with Crippen molar-refractivity contribution in [2.75, 3.05) is 6.54 Å². The average molecular weight is 243 g/mol. The monoisotopic (exact) mass is 243 g/mol. The number of H-pyrrole nitrogens is 1. The van der Waals surface area contributed by atoms with Crippen LogP contribution in [0.4, 0.5) is 0 Å². The lowest BCUT2D eigenvalue weighted by molar-refractivity contribution is 0.316. The van der Waals surface area contributed by atoms with Gasteiger partial charge >= 0.3 is 0 Å². The standard InChI is InChI=1S/C10H17N3O2S/c11-5-9-4-10(7-12-9)16(14,15)13-6-8-2-1-3-8/h4,7-8,12-13H,1-3,5-6,11H2. The summed E-state index contributed by atoms with van der Waals surface area (Å²) in [6, 6.07) is 1.57. The molecule has 0 bridgehead atoms. The number of aromatic nitrogens is 1. The first-order chi connectivity index (χ1) is 7.62. The quantitative estimate of drug-likeness (QED) is 0.705. The highest BCUT2D eigenvalue weighted by molar-refractivity contribution is 7.89. The smallest absolute Gasteiger partial charge is 0.242 e. The maximum atomic E-state index is 11.8. The fourth-order valence-electron chi connectivity index (χ4n) is 1.70. The van der Waals surface area contributed by atoms with Gasteiger partial charge in [0.2, 0.25) is 10.0 Å². The Balaban J connectivity index is 1.99. The number of aromatic amines is 1. The third-order valence-corrected chi connectivity index (χ3v) is 4.44. The van der Waals surface area contributed by atoms with Gasteiger partial charge in [0.25, 0.3) is 0 Å². The molecular formula is C10H17N3O2S. The molecule has 0 atom stereocenters. The summed E-state index contributed by atoms with van der Waals surface area (Å²) in [6.07, 6.45) is 4.95. The van der Waals surface area contributed by atoms with Crippen LogP contribution in [0.5, 0.6) is 0 Å². The highest BCUT2D eigenvalue weighted by Crippen LogP contribution is 2.25. The first-order valence-electron chi connectivity index (χ1n) is 5.49. The van der Waals surface area contributed by atoms with Crippen molar-refractivity contribution >= 4 is 10.0 Å². The van der Waals surface area contributed by atoms with Crippen molar-refractivity contribution in [2.24, 2.45) is 11.7 Å². The Hall–Kier alpha value is -0.850. The van der Waals surface area contributed by atoms with Crippen LogP contribution in [0.25, 0.3) is 0 Å². The van der Waals surface area contributed by atoms with Crippen LogP contribution in [0.2, 0.25) is 0 Å². The molecule has 0 amide bonds. The maximum absolute atomic E-state index is 11.8. The molecule has 1 aliphatic rings. The molecular weight excluding hydrogens is 226 g/mol. The average Bonchev–Trinajstić information content (AvgIpc) is 2.63. The van der Waals surface area contributed by atoms with E-state index in [-0.39, 0.29) is 4.90 Å². The second-order valence-electron chi connectivity index (χ2n) is 4.21. The highest BCUT2D eigenvalue weighted by Gasteiger charge is 2.21. The van der Waals surface area contributed by atoms with Crippen LogP contribution in [0.3, 0.4) is 0 Å². The largest absolute Gasteiger partial charge is 0.363 e. The molecule has 1 saturated carbocycles. The minimum atomic E-state index is -3.36. The zero-order chi connectivity index (χ0) is 11.6. The Morgan fingerprint density at radius 2 is 2.25 bits per heavy atom. The van der Waals surface area contributed by atoms with Gasteiger partial charge in [-0.05, 0) is 24.8 Å². The molecule has 0 saturated heterocycles. The van der Waals surface area contributed by atoms with Crippen LogP contribution >= 0.6 is 0 Å². The molecule has 0 aliphatic heterocycles. The number of nitrogens with one attached hydrogen (secondary N) is 2.